The molecule has 4 heteroatoms. The van der Waals surface area contributed by atoms with Crippen molar-refractivity contribution in [2.45, 2.75) is 57.2 Å². The highest BCUT2D eigenvalue weighted by Gasteiger charge is 2.43. The van der Waals surface area contributed by atoms with Gasteiger partial charge < -0.3 is 5.11 Å². The number of benzene rings is 1. The van der Waals surface area contributed by atoms with Crippen molar-refractivity contribution in [1.29, 1.82) is 0 Å². The molecule has 0 aliphatic carbocycles. The average molecular weight is 352 g/mol. The van der Waals surface area contributed by atoms with E-state index in [0.717, 1.165) is 17.3 Å². The second kappa shape index (κ2) is 6.09. The average Bonchev–Trinajstić information content (AvgIpc) is 2.69. The Morgan fingerprint density at radius 2 is 2.05 bits per heavy atom. The van der Waals surface area contributed by atoms with Crippen LogP contribution in [0.25, 0.3) is 0 Å². The number of hydrogen-bond donors (Lipinski definition) is 1. The van der Waals surface area contributed by atoms with Gasteiger partial charge in [0.2, 0.25) is 0 Å². The molecule has 21 heavy (non-hydrogen) atoms. The number of halogens is 1. The van der Waals surface area contributed by atoms with Gasteiger partial charge in [-0.25, -0.2) is 0 Å². The van der Waals surface area contributed by atoms with Crippen LogP contribution in [0.15, 0.2) is 28.7 Å². The van der Waals surface area contributed by atoms with E-state index in [-0.39, 0.29) is 0 Å². The molecule has 114 valence electrons. The maximum Gasteiger partial charge on any atom is 0.303 e. The number of fused-ring (bicyclic) bond motifs is 2. The molecule has 0 amide bonds. The van der Waals surface area contributed by atoms with Crippen molar-refractivity contribution in [2.24, 2.45) is 5.92 Å². The maximum atomic E-state index is 11.0. The lowest BCUT2D eigenvalue weighted by atomic mass is 9.86. The van der Waals surface area contributed by atoms with Gasteiger partial charge in [0, 0.05) is 29.0 Å². The summed E-state index contributed by atoms with van der Waals surface area (Å²) in [6.45, 7) is 2.28. The molecule has 3 atom stereocenters. The predicted octanol–water partition coefficient (Wildman–Crippen LogP) is 4.23. The molecule has 0 radical (unpaired) electrons. The fraction of sp³-hybridized carbons (Fsp3) is 0.588. The summed E-state index contributed by atoms with van der Waals surface area (Å²) >= 11 is 3.55. The van der Waals surface area contributed by atoms with E-state index in [0.29, 0.717) is 30.5 Å². The highest BCUT2D eigenvalue weighted by atomic mass is 79.9. The summed E-state index contributed by atoms with van der Waals surface area (Å²) in [7, 11) is 0. The first-order chi connectivity index (χ1) is 10.0. The third-order valence-corrected chi connectivity index (χ3v) is 5.62. The molecule has 2 aliphatic rings. The summed E-state index contributed by atoms with van der Waals surface area (Å²) in [6.07, 6.45) is 4.87. The van der Waals surface area contributed by atoms with Crippen LogP contribution in [0.5, 0.6) is 0 Å². The van der Waals surface area contributed by atoms with E-state index >= 15 is 0 Å². The molecule has 0 aromatic heterocycles. The van der Waals surface area contributed by atoms with Gasteiger partial charge in [-0.1, -0.05) is 28.1 Å². The zero-order chi connectivity index (χ0) is 15.0. The third-order valence-electron chi connectivity index (χ3n) is 5.13. The Morgan fingerprint density at radius 3 is 2.62 bits per heavy atom. The Bertz CT molecular complexity index is 519. The van der Waals surface area contributed by atoms with Gasteiger partial charge in [-0.2, -0.15) is 0 Å². The molecule has 2 aliphatic heterocycles. The molecular formula is C17H22BrNO2. The van der Waals surface area contributed by atoms with Crippen molar-refractivity contribution in [3.05, 3.63) is 34.3 Å². The topological polar surface area (TPSA) is 40.5 Å². The Hall–Kier alpha value is -0.870. The van der Waals surface area contributed by atoms with Crippen LogP contribution in [0.1, 0.15) is 50.6 Å². The molecule has 1 aromatic rings. The molecule has 2 saturated heterocycles. The molecular weight excluding hydrogens is 330 g/mol. The zero-order valence-electron chi connectivity index (χ0n) is 12.3. The quantitative estimate of drug-likeness (QED) is 0.882. The fourth-order valence-electron chi connectivity index (χ4n) is 4.31. The molecule has 3 nitrogen and oxygen atoms in total. The molecule has 3 unspecified atom stereocenters. The van der Waals surface area contributed by atoms with Crippen molar-refractivity contribution in [3.8, 4) is 0 Å². The standard InChI is InChI=1S/C17H22BrNO2/c1-11(13-3-2-4-14(18)10-13)19-15-5-6-16(19)8-12(7-15)9-17(20)21/h2-4,10-12,15-16H,5-9H2,1H3,(H,20,21). The van der Waals surface area contributed by atoms with Gasteiger partial charge in [0.25, 0.3) is 0 Å². The Kier molecular flexibility index (Phi) is 4.36. The van der Waals surface area contributed by atoms with E-state index in [4.69, 9.17) is 5.11 Å². The minimum Gasteiger partial charge on any atom is -0.481 e. The number of nitrogens with zero attached hydrogens (tertiary/aromatic N) is 1. The van der Waals surface area contributed by atoms with Crippen molar-refractivity contribution < 1.29 is 9.90 Å². The van der Waals surface area contributed by atoms with Crippen LogP contribution < -0.4 is 0 Å². The van der Waals surface area contributed by atoms with Crippen molar-refractivity contribution in [2.75, 3.05) is 0 Å². The lowest BCUT2D eigenvalue weighted by Crippen LogP contribution is -2.44. The summed E-state index contributed by atoms with van der Waals surface area (Å²) < 4.78 is 1.12. The number of rotatable bonds is 4. The van der Waals surface area contributed by atoms with Gasteiger partial charge in [-0.05, 0) is 56.2 Å². The first kappa shape index (κ1) is 15.0. The van der Waals surface area contributed by atoms with Crippen LogP contribution in [-0.4, -0.2) is 28.1 Å². The zero-order valence-corrected chi connectivity index (χ0v) is 13.9. The summed E-state index contributed by atoms with van der Waals surface area (Å²) in [6, 6.07) is 10.1. The van der Waals surface area contributed by atoms with E-state index in [1.807, 2.05) is 0 Å². The molecule has 2 heterocycles. The molecule has 0 spiro atoms. The fourth-order valence-corrected chi connectivity index (χ4v) is 4.73. The number of carboxylic acid groups (broad SMARTS) is 1. The lowest BCUT2D eigenvalue weighted by Gasteiger charge is -2.42. The second-order valence-corrected chi connectivity index (χ2v) is 7.41. The van der Waals surface area contributed by atoms with Crippen LogP contribution in [0, 0.1) is 5.92 Å². The molecule has 1 aromatic carbocycles. The molecule has 0 saturated carbocycles. The predicted molar refractivity (Wildman–Crippen MR) is 86.2 cm³/mol. The second-order valence-electron chi connectivity index (χ2n) is 6.50. The van der Waals surface area contributed by atoms with Gasteiger partial charge in [0.1, 0.15) is 0 Å². The first-order valence-electron chi connectivity index (χ1n) is 7.79. The van der Waals surface area contributed by atoms with Crippen LogP contribution in [0.2, 0.25) is 0 Å². The maximum absolute atomic E-state index is 11.0. The lowest BCUT2D eigenvalue weighted by molar-refractivity contribution is -0.138. The summed E-state index contributed by atoms with van der Waals surface area (Å²) in [4.78, 5) is 13.6. The van der Waals surface area contributed by atoms with E-state index in [2.05, 4.69) is 52.0 Å². The van der Waals surface area contributed by atoms with E-state index < -0.39 is 5.97 Å². The van der Waals surface area contributed by atoms with Crippen molar-refractivity contribution in [3.63, 3.8) is 0 Å². The molecule has 2 fully saturated rings. The number of carboxylic acids is 1. The molecule has 2 bridgehead atoms. The Labute approximate surface area is 134 Å². The molecule has 3 rings (SSSR count). The van der Waals surface area contributed by atoms with Gasteiger partial charge in [-0.15, -0.1) is 0 Å². The number of hydrogen-bond acceptors (Lipinski definition) is 2. The van der Waals surface area contributed by atoms with Gasteiger partial charge in [-0.3, -0.25) is 9.69 Å². The van der Waals surface area contributed by atoms with Crippen LogP contribution in [-0.2, 0) is 4.79 Å². The van der Waals surface area contributed by atoms with Crippen molar-refractivity contribution >= 4 is 21.9 Å². The number of piperidine rings is 1. The number of carbonyl (C=O) groups is 1. The minimum absolute atomic E-state index is 0.339. The molecule has 1 N–H and O–H groups in total. The third kappa shape index (κ3) is 3.16. The minimum atomic E-state index is -0.645. The smallest absolute Gasteiger partial charge is 0.303 e. The number of aliphatic carboxylic acids is 1. The van der Waals surface area contributed by atoms with Crippen molar-refractivity contribution in [1.82, 2.24) is 4.90 Å². The highest BCUT2D eigenvalue weighted by Crippen LogP contribution is 2.44. The van der Waals surface area contributed by atoms with E-state index in [1.165, 1.54) is 18.4 Å². The van der Waals surface area contributed by atoms with Crippen LogP contribution in [0.4, 0.5) is 0 Å². The van der Waals surface area contributed by atoms with Crippen LogP contribution >= 0.6 is 15.9 Å². The Morgan fingerprint density at radius 1 is 1.38 bits per heavy atom. The van der Waals surface area contributed by atoms with Gasteiger partial charge in [0.05, 0.1) is 0 Å². The first-order valence-corrected chi connectivity index (χ1v) is 8.58. The monoisotopic (exact) mass is 351 g/mol. The van der Waals surface area contributed by atoms with Gasteiger partial charge in [0.15, 0.2) is 0 Å². The van der Waals surface area contributed by atoms with E-state index in [9.17, 15) is 4.79 Å². The Balaban J connectivity index is 1.74. The summed E-state index contributed by atoms with van der Waals surface area (Å²) in [5.41, 5.74) is 1.35. The summed E-state index contributed by atoms with van der Waals surface area (Å²) in [5.74, 6) is -0.279. The summed E-state index contributed by atoms with van der Waals surface area (Å²) in [5, 5.41) is 9.02. The van der Waals surface area contributed by atoms with E-state index in [1.54, 1.807) is 0 Å². The van der Waals surface area contributed by atoms with Gasteiger partial charge >= 0.3 is 5.97 Å². The normalized spacial score (nSPS) is 30.3. The van der Waals surface area contributed by atoms with Crippen LogP contribution in [0.3, 0.4) is 0 Å². The largest absolute Gasteiger partial charge is 0.481 e. The highest BCUT2D eigenvalue weighted by molar-refractivity contribution is 9.10. The SMILES string of the molecule is CC(c1cccc(Br)c1)N1C2CCC1CC(CC(=O)O)C2.